The van der Waals surface area contributed by atoms with Crippen LogP contribution in [0.25, 0.3) is 5.95 Å². The van der Waals surface area contributed by atoms with Gasteiger partial charge in [0, 0.05) is 30.7 Å². The van der Waals surface area contributed by atoms with Gasteiger partial charge in [-0.3, -0.25) is 0 Å². The van der Waals surface area contributed by atoms with Gasteiger partial charge >= 0.3 is 0 Å². The van der Waals surface area contributed by atoms with E-state index < -0.39 is 0 Å². The third kappa shape index (κ3) is 2.40. The zero-order chi connectivity index (χ0) is 10.7. The Morgan fingerprint density at radius 1 is 1.33 bits per heavy atom. The van der Waals surface area contributed by atoms with Crippen LogP contribution in [0.3, 0.4) is 0 Å². The Hall–Kier alpha value is -1.27. The van der Waals surface area contributed by atoms with Crippen molar-refractivity contribution in [1.82, 2.24) is 25.1 Å². The summed E-state index contributed by atoms with van der Waals surface area (Å²) in [6.45, 7) is 0.767. The second-order valence-electron chi connectivity index (χ2n) is 3.02. The number of hydrogen-bond acceptors (Lipinski definition) is 4. The molecule has 0 saturated carbocycles. The van der Waals surface area contributed by atoms with Gasteiger partial charge in [0.15, 0.2) is 0 Å². The van der Waals surface area contributed by atoms with Crippen LogP contribution in [0.4, 0.5) is 0 Å². The molecular formula is C9H10BrN5. The molecule has 0 aliphatic rings. The van der Waals surface area contributed by atoms with Crippen molar-refractivity contribution >= 4 is 15.9 Å². The van der Waals surface area contributed by atoms with Gasteiger partial charge in [0.1, 0.15) is 0 Å². The van der Waals surface area contributed by atoms with E-state index in [0.717, 1.165) is 16.6 Å². The molecule has 15 heavy (non-hydrogen) atoms. The third-order valence-corrected chi connectivity index (χ3v) is 2.24. The van der Waals surface area contributed by atoms with Gasteiger partial charge in [-0.2, -0.15) is 5.10 Å². The molecular weight excluding hydrogens is 258 g/mol. The zero-order valence-corrected chi connectivity index (χ0v) is 9.77. The summed E-state index contributed by atoms with van der Waals surface area (Å²) in [5, 5.41) is 7.13. The van der Waals surface area contributed by atoms with E-state index in [9.17, 15) is 0 Å². The van der Waals surface area contributed by atoms with E-state index >= 15 is 0 Å². The van der Waals surface area contributed by atoms with Gasteiger partial charge in [0.2, 0.25) is 5.95 Å². The highest BCUT2D eigenvalue weighted by Gasteiger charge is 2.01. The fraction of sp³-hybridized carbons (Fsp3) is 0.222. The molecule has 0 spiro atoms. The highest BCUT2D eigenvalue weighted by molar-refractivity contribution is 9.10. The molecule has 2 heterocycles. The first-order valence-electron chi connectivity index (χ1n) is 4.45. The number of aromatic nitrogens is 4. The maximum absolute atomic E-state index is 4.21. The van der Waals surface area contributed by atoms with Crippen molar-refractivity contribution in [3.63, 3.8) is 0 Å². The van der Waals surface area contributed by atoms with Gasteiger partial charge in [-0.15, -0.1) is 0 Å². The Morgan fingerprint density at radius 3 is 2.60 bits per heavy atom. The molecule has 0 fully saturated rings. The minimum atomic E-state index is 0.570. The molecule has 0 aromatic carbocycles. The summed E-state index contributed by atoms with van der Waals surface area (Å²) in [5.41, 5.74) is 1.05. The largest absolute Gasteiger partial charge is 0.316 e. The van der Waals surface area contributed by atoms with Gasteiger partial charge in [0.25, 0.3) is 0 Å². The lowest BCUT2D eigenvalue weighted by Gasteiger charge is -2.01. The van der Waals surface area contributed by atoms with Crippen molar-refractivity contribution in [3.8, 4) is 5.95 Å². The normalized spacial score (nSPS) is 10.5. The molecule has 0 saturated heterocycles. The Kier molecular flexibility index (Phi) is 3.08. The summed E-state index contributed by atoms with van der Waals surface area (Å²) in [4.78, 5) is 8.42. The molecule has 0 unspecified atom stereocenters. The lowest BCUT2D eigenvalue weighted by molar-refractivity contribution is 0.775. The molecule has 1 N–H and O–H groups in total. The van der Waals surface area contributed by atoms with Crippen LogP contribution in [0.15, 0.2) is 29.3 Å². The molecule has 5 nitrogen and oxygen atoms in total. The van der Waals surface area contributed by atoms with Crippen LogP contribution < -0.4 is 5.32 Å². The van der Waals surface area contributed by atoms with Crippen molar-refractivity contribution < 1.29 is 0 Å². The molecule has 0 aliphatic heterocycles. The molecule has 0 amide bonds. The molecule has 6 heteroatoms. The van der Waals surface area contributed by atoms with Gasteiger partial charge in [-0.1, -0.05) is 0 Å². The van der Waals surface area contributed by atoms with Gasteiger partial charge in [-0.25, -0.2) is 14.6 Å². The van der Waals surface area contributed by atoms with E-state index in [-0.39, 0.29) is 0 Å². The Balaban J connectivity index is 2.23. The molecule has 2 rings (SSSR count). The second kappa shape index (κ2) is 4.50. The maximum atomic E-state index is 4.21. The average Bonchev–Trinajstić information content (AvgIpc) is 2.67. The minimum absolute atomic E-state index is 0.570. The standard InChI is InChI=1S/C9H10BrN5/c1-11-2-7-3-12-9(13-4-7)15-6-8(10)5-14-15/h3-6,11H,2H2,1H3. The van der Waals surface area contributed by atoms with E-state index in [2.05, 4.69) is 36.3 Å². The van der Waals surface area contributed by atoms with Crippen molar-refractivity contribution in [2.75, 3.05) is 7.05 Å². The van der Waals surface area contributed by atoms with Crippen LogP contribution in [0.2, 0.25) is 0 Å². The van der Waals surface area contributed by atoms with Crippen LogP contribution in [-0.4, -0.2) is 26.8 Å². The number of nitrogens with one attached hydrogen (secondary N) is 1. The molecule has 0 atom stereocenters. The fourth-order valence-electron chi connectivity index (χ4n) is 1.17. The maximum Gasteiger partial charge on any atom is 0.250 e. The fourth-order valence-corrected chi connectivity index (χ4v) is 1.46. The highest BCUT2D eigenvalue weighted by Crippen LogP contribution is 2.09. The van der Waals surface area contributed by atoms with Gasteiger partial charge in [-0.05, 0) is 23.0 Å². The monoisotopic (exact) mass is 267 g/mol. The number of nitrogens with zero attached hydrogens (tertiary/aromatic N) is 4. The average molecular weight is 268 g/mol. The molecule has 2 aromatic rings. The second-order valence-corrected chi connectivity index (χ2v) is 3.94. The minimum Gasteiger partial charge on any atom is -0.316 e. The predicted octanol–water partition coefficient (Wildman–Crippen LogP) is 1.14. The summed E-state index contributed by atoms with van der Waals surface area (Å²) >= 11 is 3.32. The van der Waals surface area contributed by atoms with E-state index in [1.807, 2.05) is 13.2 Å². The topological polar surface area (TPSA) is 55.6 Å². The lowest BCUT2D eigenvalue weighted by atomic mass is 10.3. The van der Waals surface area contributed by atoms with Crippen molar-refractivity contribution in [1.29, 1.82) is 0 Å². The summed E-state index contributed by atoms with van der Waals surface area (Å²) in [7, 11) is 1.89. The zero-order valence-electron chi connectivity index (χ0n) is 8.18. The smallest absolute Gasteiger partial charge is 0.250 e. The van der Waals surface area contributed by atoms with E-state index in [0.29, 0.717) is 5.95 Å². The Bertz CT molecular complexity index is 436. The number of rotatable bonds is 3. The number of halogens is 1. The summed E-state index contributed by atoms with van der Waals surface area (Å²) in [6, 6.07) is 0. The molecule has 78 valence electrons. The van der Waals surface area contributed by atoms with Gasteiger partial charge < -0.3 is 5.32 Å². The third-order valence-electron chi connectivity index (χ3n) is 1.83. The summed E-state index contributed by atoms with van der Waals surface area (Å²) < 4.78 is 2.53. The van der Waals surface area contributed by atoms with E-state index in [4.69, 9.17) is 0 Å². The molecule has 0 radical (unpaired) electrons. The Morgan fingerprint density at radius 2 is 2.07 bits per heavy atom. The van der Waals surface area contributed by atoms with Gasteiger partial charge in [0.05, 0.1) is 10.7 Å². The van der Waals surface area contributed by atoms with Crippen LogP contribution in [0.1, 0.15) is 5.56 Å². The SMILES string of the molecule is CNCc1cnc(-n2cc(Br)cn2)nc1. The van der Waals surface area contributed by atoms with Crippen LogP contribution >= 0.6 is 15.9 Å². The van der Waals surface area contributed by atoms with Crippen molar-refractivity contribution in [3.05, 3.63) is 34.8 Å². The van der Waals surface area contributed by atoms with Crippen molar-refractivity contribution in [2.24, 2.45) is 0 Å². The lowest BCUT2D eigenvalue weighted by Crippen LogP contribution is -2.07. The quantitative estimate of drug-likeness (QED) is 0.907. The summed E-state index contributed by atoms with van der Waals surface area (Å²) in [6.07, 6.45) is 7.08. The first-order valence-corrected chi connectivity index (χ1v) is 5.25. The Labute approximate surface area is 95.7 Å². The molecule has 0 aliphatic carbocycles. The summed E-state index contributed by atoms with van der Waals surface area (Å²) in [5.74, 6) is 0.570. The van der Waals surface area contributed by atoms with Crippen LogP contribution in [-0.2, 0) is 6.54 Å². The number of hydrogen-bond donors (Lipinski definition) is 1. The highest BCUT2D eigenvalue weighted by atomic mass is 79.9. The first-order chi connectivity index (χ1) is 7.29. The van der Waals surface area contributed by atoms with Crippen LogP contribution in [0, 0.1) is 0 Å². The molecule has 0 bridgehead atoms. The van der Waals surface area contributed by atoms with Crippen molar-refractivity contribution in [2.45, 2.75) is 6.54 Å². The first kappa shape index (κ1) is 10.3. The predicted molar refractivity (Wildman–Crippen MR) is 59.6 cm³/mol. The van der Waals surface area contributed by atoms with E-state index in [1.165, 1.54) is 0 Å². The molecule has 2 aromatic heterocycles. The van der Waals surface area contributed by atoms with E-state index in [1.54, 1.807) is 23.3 Å². The van der Waals surface area contributed by atoms with Crippen LogP contribution in [0.5, 0.6) is 0 Å².